The maximum atomic E-state index is 6.18. The predicted octanol–water partition coefficient (Wildman–Crippen LogP) is 5.54. The van der Waals surface area contributed by atoms with Gasteiger partial charge in [0, 0.05) is 30.3 Å². The van der Waals surface area contributed by atoms with Gasteiger partial charge < -0.3 is 19.5 Å². The molecule has 2 fully saturated rings. The highest BCUT2D eigenvalue weighted by Gasteiger charge is 2.42. The van der Waals surface area contributed by atoms with Gasteiger partial charge in [-0.15, -0.1) is 0 Å². The lowest BCUT2D eigenvalue weighted by molar-refractivity contribution is 0.210. The first-order valence-electron chi connectivity index (χ1n) is 11.4. The Bertz CT molecular complexity index is 1100. The maximum Gasteiger partial charge on any atom is 0.174 e. The van der Waals surface area contributed by atoms with Crippen LogP contribution in [0.5, 0.6) is 5.75 Å². The van der Waals surface area contributed by atoms with Gasteiger partial charge in [0.25, 0.3) is 0 Å². The number of thiocarbonyl (C=S) groups is 1. The summed E-state index contributed by atoms with van der Waals surface area (Å²) in [7, 11) is 2.12. The van der Waals surface area contributed by atoms with Gasteiger partial charge in [-0.1, -0.05) is 6.07 Å². The molecule has 32 heavy (non-hydrogen) atoms. The van der Waals surface area contributed by atoms with Gasteiger partial charge in [-0.2, -0.15) is 0 Å². The minimum atomic E-state index is -0.0291. The smallest absolute Gasteiger partial charge is 0.174 e. The van der Waals surface area contributed by atoms with Gasteiger partial charge in [0.2, 0.25) is 0 Å². The van der Waals surface area contributed by atoms with Crippen LogP contribution >= 0.6 is 12.2 Å². The molecule has 1 saturated carbocycles. The van der Waals surface area contributed by atoms with E-state index in [2.05, 4.69) is 77.1 Å². The zero-order valence-corrected chi connectivity index (χ0v) is 19.7. The van der Waals surface area contributed by atoms with Crippen LogP contribution in [0.4, 0.5) is 5.69 Å². The Balaban J connectivity index is 1.52. The molecule has 5 rings (SSSR count). The molecule has 3 heterocycles. The van der Waals surface area contributed by atoms with Crippen LogP contribution < -0.4 is 15.0 Å². The summed E-state index contributed by atoms with van der Waals surface area (Å²) >= 11 is 5.86. The molecular weight excluding hydrogens is 416 g/mol. The van der Waals surface area contributed by atoms with E-state index in [1.165, 1.54) is 29.8 Å². The first-order chi connectivity index (χ1) is 15.5. The van der Waals surface area contributed by atoms with E-state index in [-0.39, 0.29) is 12.1 Å². The third-order valence-electron chi connectivity index (χ3n) is 6.95. The fourth-order valence-corrected chi connectivity index (χ4v) is 5.36. The lowest BCUT2D eigenvalue weighted by Gasteiger charge is -2.28. The lowest BCUT2D eigenvalue weighted by atomic mass is 9.96. The van der Waals surface area contributed by atoms with Crippen LogP contribution in [0.3, 0.4) is 0 Å². The number of rotatable bonds is 5. The summed E-state index contributed by atoms with van der Waals surface area (Å²) < 4.78 is 8.42. The van der Waals surface area contributed by atoms with Crippen molar-refractivity contribution in [2.45, 2.75) is 57.7 Å². The largest absolute Gasteiger partial charge is 0.490 e. The van der Waals surface area contributed by atoms with Gasteiger partial charge >= 0.3 is 0 Å². The first kappa shape index (κ1) is 21.0. The van der Waals surface area contributed by atoms with Gasteiger partial charge in [-0.25, -0.2) is 0 Å². The van der Waals surface area contributed by atoms with Crippen molar-refractivity contribution in [1.82, 2.24) is 14.9 Å². The molecule has 2 atom stereocenters. The average molecular weight is 447 g/mol. The summed E-state index contributed by atoms with van der Waals surface area (Å²) in [5.74, 6) is 0.934. The predicted molar refractivity (Wildman–Crippen MR) is 132 cm³/mol. The molecule has 1 saturated heterocycles. The Kier molecular flexibility index (Phi) is 5.64. The van der Waals surface area contributed by atoms with Crippen LogP contribution in [0.1, 0.15) is 60.4 Å². The Hall–Kier alpha value is -2.86. The number of anilines is 1. The van der Waals surface area contributed by atoms with Crippen LogP contribution in [0.15, 0.2) is 54.7 Å². The summed E-state index contributed by atoms with van der Waals surface area (Å²) in [6.45, 7) is 4.32. The summed E-state index contributed by atoms with van der Waals surface area (Å²) in [4.78, 5) is 6.89. The standard InChI is InChI=1S/C26H30N4OS/c1-17-16-22(18(2)29(17)3)25-24(23-10-6-7-15-27-23)28-26(32)30(25)19-11-13-21(14-12-19)31-20-8-4-5-9-20/h6-7,10-16,20,24-25H,4-5,8-9H2,1-3H3,(H,28,32). The van der Waals surface area contributed by atoms with E-state index < -0.39 is 0 Å². The molecule has 3 aromatic rings. The van der Waals surface area contributed by atoms with Crippen molar-refractivity contribution in [3.8, 4) is 5.75 Å². The van der Waals surface area contributed by atoms with E-state index in [4.69, 9.17) is 17.0 Å². The van der Waals surface area contributed by atoms with Crippen LogP contribution in [-0.2, 0) is 7.05 Å². The SMILES string of the molecule is Cc1cc(C2C(c3ccccn3)NC(=S)N2c2ccc(OC3CCCC3)cc2)c(C)n1C. The summed E-state index contributed by atoms with van der Waals surface area (Å²) in [5.41, 5.74) is 5.79. The van der Waals surface area contributed by atoms with Crippen LogP contribution in [-0.4, -0.2) is 20.8 Å². The van der Waals surface area contributed by atoms with E-state index in [1.807, 2.05) is 18.3 Å². The fourth-order valence-electron chi connectivity index (χ4n) is 5.02. The summed E-state index contributed by atoms with van der Waals surface area (Å²) in [6, 6.07) is 16.7. The van der Waals surface area contributed by atoms with Crippen molar-refractivity contribution in [1.29, 1.82) is 0 Å². The molecule has 2 aliphatic rings. The number of pyridine rings is 1. The van der Waals surface area contributed by atoms with E-state index in [9.17, 15) is 0 Å². The first-order valence-corrected chi connectivity index (χ1v) is 11.8. The van der Waals surface area contributed by atoms with Crippen molar-refractivity contribution < 1.29 is 4.74 Å². The average Bonchev–Trinajstić information content (AvgIpc) is 3.50. The fraction of sp³-hybridized carbons (Fsp3) is 0.385. The van der Waals surface area contributed by atoms with E-state index in [0.29, 0.717) is 6.10 Å². The summed E-state index contributed by atoms with van der Waals surface area (Å²) in [5, 5.41) is 4.27. The van der Waals surface area contributed by atoms with Crippen molar-refractivity contribution >= 4 is 23.0 Å². The van der Waals surface area contributed by atoms with Crippen LogP contribution in [0, 0.1) is 13.8 Å². The molecule has 1 N–H and O–H groups in total. The Labute approximate surface area is 195 Å². The number of ether oxygens (including phenoxy) is 1. The highest BCUT2D eigenvalue weighted by atomic mass is 32.1. The zero-order valence-electron chi connectivity index (χ0n) is 18.9. The van der Waals surface area contributed by atoms with Gasteiger partial charge in [0.15, 0.2) is 5.11 Å². The number of hydrogen-bond acceptors (Lipinski definition) is 3. The molecule has 0 amide bonds. The highest BCUT2D eigenvalue weighted by molar-refractivity contribution is 7.80. The number of benzene rings is 1. The monoisotopic (exact) mass is 446 g/mol. The second-order valence-electron chi connectivity index (χ2n) is 8.90. The number of nitrogens with one attached hydrogen (secondary N) is 1. The molecule has 1 aliphatic heterocycles. The zero-order chi connectivity index (χ0) is 22.2. The molecule has 0 bridgehead atoms. The van der Waals surface area contributed by atoms with Gasteiger partial charge in [-0.05, 0) is 99.8 Å². The molecular formula is C26H30N4OS. The molecule has 0 radical (unpaired) electrons. The van der Waals surface area contributed by atoms with E-state index >= 15 is 0 Å². The molecule has 1 aliphatic carbocycles. The van der Waals surface area contributed by atoms with E-state index in [0.717, 1.165) is 35.1 Å². The second-order valence-corrected chi connectivity index (χ2v) is 9.29. The van der Waals surface area contributed by atoms with Gasteiger partial charge in [0.05, 0.1) is 23.9 Å². The van der Waals surface area contributed by atoms with Gasteiger partial charge in [0.1, 0.15) is 5.75 Å². The Morgan fingerprint density at radius 2 is 1.81 bits per heavy atom. The van der Waals surface area contributed by atoms with Crippen molar-refractivity contribution in [2.75, 3.05) is 4.90 Å². The minimum absolute atomic E-state index is 0.0129. The van der Waals surface area contributed by atoms with Crippen molar-refractivity contribution in [2.24, 2.45) is 7.05 Å². The lowest BCUT2D eigenvalue weighted by Crippen LogP contribution is -2.29. The van der Waals surface area contributed by atoms with E-state index in [1.54, 1.807) is 0 Å². The number of hydrogen-bond donors (Lipinski definition) is 1. The van der Waals surface area contributed by atoms with Crippen molar-refractivity contribution in [3.05, 3.63) is 77.4 Å². The normalized spacial score (nSPS) is 21.2. The van der Waals surface area contributed by atoms with Gasteiger partial charge in [-0.3, -0.25) is 4.98 Å². The molecule has 5 nitrogen and oxygen atoms in total. The molecule has 166 valence electrons. The topological polar surface area (TPSA) is 42.3 Å². The van der Waals surface area contributed by atoms with Crippen LogP contribution in [0.2, 0.25) is 0 Å². The number of aromatic nitrogens is 2. The third kappa shape index (κ3) is 3.77. The quantitative estimate of drug-likeness (QED) is 0.522. The Morgan fingerprint density at radius 3 is 2.44 bits per heavy atom. The molecule has 6 heteroatoms. The summed E-state index contributed by atoms with van der Waals surface area (Å²) in [6.07, 6.45) is 7.04. The Morgan fingerprint density at radius 1 is 1.06 bits per heavy atom. The second kappa shape index (κ2) is 8.58. The van der Waals surface area contributed by atoms with Crippen LogP contribution in [0.25, 0.3) is 0 Å². The third-order valence-corrected chi connectivity index (χ3v) is 7.27. The molecule has 2 unspecified atom stereocenters. The number of aryl methyl sites for hydroxylation is 1. The molecule has 1 aromatic carbocycles. The molecule has 0 spiro atoms. The highest BCUT2D eigenvalue weighted by Crippen LogP contribution is 2.43. The maximum absolute atomic E-state index is 6.18. The molecule has 2 aromatic heterocycles. The number of nitrogens with zero attached hydrogens (tertiary/aromatic N) is 3. The minimum Gasteiger partial charge on any atom is -0.490 e. The van der Waals surface area contributed by atoms with Crippen molar-refractivity contribution in [3.63, 3.8) is 0 Å².